The molecule has 1 heterocycles. The molecule has 0 saturated heterocycles. The standard InChI is InChI=1S/C21H23N3O5/c1-11-6-12(2)8-14(7-11)22-20(25)18-17(23-21(26)24-18)13-9-15(27-3)19(29-5)16(10-13)28-4/h6-10H,1-5H3,(H,22,25)(H2,23,24,26). The third-order valence-electron chi connectivity index (χ3n) is 4.39. The molecule has 8 heteroatoms. The van der Waals surface area contributed by atoms with Gasteiger partial charge < -0.3 is 29.5 Å². The van der Waals surface area contributed by atoms with Gasteiger partial charge in [-0.3, -0.25) is 4.79 Å². The Hall–Kier alpha value is -3.68. The number of hydrogen-bond donors (Lipinski definition) is 3. The van der Waals surface area contributed by atoms with Crippen molar-refractivity contribution in [3.8, 4) is 28.5 Å². The molecule has 152 valence electrons. The molecule has 1 aromatic heterocycles. The minimum absolute atomic E-state index is 0.100. The fourth-order valence-electron chi connectivity index (χ4n) is 3.24. The second-order valence-electron chi connectivity index (χ2n) is 6.57. The quantitative estimate of drug-likeness (QED) is 0.592. The van der Waals surface area contributed by atoms with E-state index in [1.165, 1.54) is 21.3 Å². The van der Waals surface area contributed by atoms with Crippen LogP contribution in [0.15, 0.2) is 35.1 Å². The van der Waals surface area contributed by atoms with E-state index in [4.69, 9.17) is 14.2 Å². The van der Waals surface area contributed by atoms with Crippen LogP contribution in [0.5, 0.6) is 17.2 Å². The fraction of sp³-hybridized carbons (Fsp3) is 0.238. The Morgan fingerprint density at radius 1 is 0.862 bits per heavy atom. The van der Waals surface area contributed by atoms with Gasteiger partial charge in [-0.05, 0) is 49.2 Å². The molecule has 3 aromatic rings. The summed E-state index contributed by atoms with van der Waals surface area (Å²) >= 11 is 0. The average Bonchev–Trinajstić information content (AvgIpc) is 3.07. The first-order valence-corrected chi connectivity index (χ1v) is 8.88. The van der Waals surface area contributed by atoms with Crippen LogP contribution in [0.3, 0.4) is 0 Å². The van der Waals surface area contributed by atoms with Gasteiger partial charge in [0.2, 0.25) is 5.75 Å². The maximum absolute atomic E-state index is 12.9. The maximum atomic E-state index is 12.9. The van der Waals surface area contributed by atoms with Gasteiger partial charge >= 0.3 is 5.69 Å². The molecule has 0 radical (unpaired) electrons. The van der Waals surface area contributed by atoms with Crippen molar-refractivity contribution in [3.63, 3.8) is 0 Å². The van der Waals surface area contributed by atoms with Crippen molar-refractivity contribution < 1.29 is 19.0 Å². The number of nitrogens with one attached hydrogen (secondary N) is 3. The van der Waals surface area contributed by atoms with E-state index in [9.17, 15) is 9.59 Å². The normalized spacial score (nSPS) is 10.5. The van der Waals surface area contributed by atoms with Gasteiger partial charge in [0, 0.05) is 11.3 Å². The van der Waals surface area contributed by atoms with Crippen LogP contribution in [0, 0.1) is 13.8 Å². The summed E-state index contributed by atoms with van der Waals surface area (Å²) in [4.78, 5) is 30.1. The van der Waals surface area contributed by atoms with Crippen LogP contribution in [0.1, 0.15) is 21.6 Å². The van der Waals surface area contributed by atoms with Crippen LogP contribution in [0.4, 0.5) is 5.69 Å². The Kier molecular flexibility index (Phi) is 5.63. The molecule has 3 rings (SSSR count). The lowest BCUT2D eigenvalue weighted by Crippen LogP contribution is -2.15. The van der Waals surface area contributed by atoms with Gasteiger partial charge in [0.25, 0.3) is 5.91 Å². The molecule has 0 aliphatic rings. The number of aromatic nitrogens is 2. The van der Waals surface area contributed by atoms with Gasteiger partial charge in [-0.2, -0.15) is 0 Å². The summed E-state index contributed by atoms with van der Waals surface area (Å²) in [7, 11) is 4.49. The number of methoxy groups -OCH3 is 3. The summed E-state index contributed by atoms with van der Waals surface area (Å²) in [5.74, 6) is 0.782. The molecular formula is C21H23N3O5. The first-order chi connectivity index (χ1) is 13.9. The second-order valence-corrected chi connectivity index (χ2v) is 6.57. The molecule has 29 heavy (non-hydrogen) atoms. The predicted molar refractivity (Wildman–Crippen MR) is 110 cm³/mol. The molecule has 2 aromatic carbocycles. The van der Waals surface area contributed by atoms with Crippen LogP contribution in [-0.2, 0) is 0 Å². The van der Waals surface area contributed by atoms with Gasteiger partial charge in [-0.25, -0.2) is 4.79 Å². The Balaban J connectivity index is 2.05. The van der Waals surface area contributed by atoms with Crippen molar-refractivity contribution in [1.29, 1.82) is 0 Å². The zero-order valence-corrected chi connectivity index (χ0v) is 16.9. The van der Waals surface area contributed by atoms with Crippen molar-refractivity contribution in [2.45, 2.75) is 13.8 Å². The summed E-state index contributed by atoms with van der Waals surface area (Å²) in [6.45, 7) is 3.89. The van der Waals surface area contributed by atoms with Crippen molar-refractivity contribution in [1.82, 2.24) is 9.97 Å². The van der Waals surface area contributed by atoms with Crippen LogP contribution in [-0.4, -0.2) is 37.2 Å². The van der Waals surface area contributed by atoms with Gasteiger partial charge in [-0.15, -0.1) is 0 Å². The Morgan fingerprint density at radius 3 is 1.97 bits per heavy atom. The molecule has 0 aliphatic heterocycles. The monoisotopic (exact) mass is 397 g/mol. The first-order valence-electron chi connectivity index (χ1n) is 8.88. The molecule has 0 bridgehead atoms. The van der Waals surface area contributed by atoms with Gasteiger partial charge in [0.1, 0.15) is 5.69 Å². The molecule has 3 N–H and O–H groups in total. The minimum atomic E-state index is -0.501. The number of rotatable bonds is 6. The average molecular weight is 397 g/mol. The SMILES string of the molecule is COc1cc(-c2[nH]c(=O)[nH]c2C(=O)Nc2cc(C)cc(C)c2)cc(OC)c1OC. The molecule has 0 spiro atoms. The number of aryl methyl sites for hydroxylation is 2. The third-order valence-corrected chi connectivity index (χ3v) is 4.39. The van der Waals surface area contributed by atoms with Crippen molar-refractivity contribution in [3.05, 3.63) is 57.6 Å². The second kappa shape index (κ2) is 8.14. The van der Waals surface area contributed by atoms with Gasteiger partial charge in [0.05, 0.1) is 27.0 Å². The van der Waals surface area contributed by atoms with Crippen molar-refractivity contribution in [2.75, 3.05) is 26.6 Å². The van der Waals surface area contributed by atoms with Crippen LogP contribution in [0.2, 0.25) is 0 Å². The summed E-state index contributed by atoms with van der Waals surface area (Å²) in [6.07, 6.45) is 0. The fourth-order valence-corrected chi connectivity index (χ4v) is 3.24. The lowest BCUT2D eigenvalue weighted by molar-refractivity contribution is 0.102. The van der Waals surface area contributed by atoms with E-state index in [1.807, 2.05) is 32.0 Å². The number of carbonyl (C=O) groups is 1. The number of ether oxygens (including phenoxy) is 3. The Morgan fingerprint density at radius 2 is 1.45 bits per heavy atom. The molecular weight excluding hydrogens is 374 g/mol. The Bertz CT molecular complexity index is 1070. The lowest BCUT2D eigenvalue weighted by atomic mass is 10.1. The van der Waals surface area contributed by atoms with Gasteiger partial charge in [-0.1, -0.05) is 6.07 Å². The highest BCUT2D eigenvalue weighted by molar-refractivity contribution is 6.06. The van der Waals surface area contributed by atoms with Gasteiger partial charge in [0.15, 0.2) is 11.5 Å². The van der Waals surface area contributed by atoms with E-state index in [0.717, 1.165) is 11.1 Å². The first kappa shape index (κ1) is 20.1. The molecule has 0 atom stereocenters. The largest absolute Gasteiger partial charge is 0.493 e. The number of amides is 1. The van der Waals surface area contributed by atoms with Crippen LogP contribution >= 0.6 is 0 Å². The molecule has 1 amide bonds. The summed E-state index contributed by atoms with van der Waals surface area (Å²) in [5, 5.41) is 2.83. The van der Waals surface area contributed by atoms with E-state index >= 15 is 0 Å². The molecule has 0 unspecified atom stereocenters. The Labute approximate surface area is 167 Å². The van der Waals surface area contributed by atoms with Crippen LogP contribution < -0.4 is 25.2 Å². The smallest absolute Gasteiger partial charge is 0.323 e. The lowest BCUT2D eigenvalue weighted by Gasteiger charge is -2.14. The molecule has 0 fully saturated rings. The number of anilines is 1. The number of H-pyrrole nitrogens is 2. The predicted octanol–water partition coefficient (Wildman–Crippen LogP) is 3.26. The highest BCUT2D eigenvalue weighted by atomic mass is 16.5. The zero-order chi connectivity index (χ0) is 21.1. The maximum Gasteiger partial charge on any atom is 0.323 e. The number of carbonyl (C=O) groups excluding carboxylic acids is 1. The van der Waals surface area contributed by atoms with E-state index < -0.39 is 11.6 Å². The topological polar surface area (TPSA) is 105 Å². The molecule has 0 aliphatic carbocycles. The third kappa shape index (κ3) is 4.11. The van der Waals surface area contributed by atoms with E-state index in [0.29, 0.717) is 34.2 Å². The summed E-state index contributed by atoms with van der Waals surface area (Å²) in [5.41, 5.74) is 3.13. The highest BCUT2D eigenvalue weighted by Crippen LogP contribution is 2.41. The van der Waals surface area contributed by atoms with E-state index in [-0.39, 0.29) is 5.69 Å². The number of benzene rings is 2. The van der Waals surface area contributed by atoms with E-state index in [1.54, 1.807) is 12.1 Å². The molecule has 8 nitrogen and oxygen atoms in total. The minimum Gasteiger partial charge on any atom is -0.493 e. The van der Waals surface area contributed by atoms with E-state index in [2.05, 4.69) is 15.3 Å². The van der Waals surface area contributed by atoms with Crippen LogP contribution in [0.25, 0.3) is 11.3 Å². The highest BCUT2D eigenvalue weighted by Gasteiger charge is 2.21. The number of imidazole rings is 1. The summed E-state index contributed by atoms with van der Waals surface area (Å²) < 4.78 is 16.0. The zero-order valence-electron chi connectivity index (χ0n) is 16.9. The number of aromatic amines is 2. The molecule has 0 saturated carbocycles. The summed E-state index contributed by atoms with van der Waals surface area (Å²) in [6, 6.07) is 9.04. The van der Waals surface area contributed by atoms with Crippen molar-refractivity contribution >= 4 is 11.6 Å². The van der Waals surface area contributed by atoms with Crippen molar-refractivity contribution in [2.24, 2.45) is 0 Å². The number of hydrogen-bond acceptors (Lipinski definition) is 5.